The fourth-order valence-corrected chi connectivity index (χ4v) is 2.44. The Labute approximate surface area is 117 Å². The molecule has 1 heterocycles. The van der Waals surface area contributed by atoms with E-state index in [0.717, 1.165) is 22.3 Å². The summed E-state index contributed by atoms with van der Waals surface area (Å²) in [7, 11) is 0. The molecule has 0 fully saturated rings. The Bertz CT molecular complexity index is 699. The molecule has 99 valence electrons. The molecule has 3 nitrogen and oxygen atoms in total. The minimum absolute atomic E-state index is 0.288. The molecule has 0 unspecified atom stereocenters. The van der Waals surface area contributed by atoms with Crippen molar-refractivity contribution in [3.8, 4) is 0 Å². The highest BCUT2D eigenvalue weighted by molar-refractivity contribution is 6.24. The number of fused-ring (bicyclic) bond motifs is 1. The molecule has 0 saturated carbocycles. The molecule has 0 aromatic heterocycles. The molecule has 1 aliphatic heterocycles. The fourth-order valence-electron chi connectivity index (χ4n) is 2.44. The maximum absolute atomic E-state index is 11.6. The van der Waals surface area contributed by atoms with Gasteiger partial charge in [0.1, 0.15) is 0 Å². The molecule has 0 saturated heterocycles. The minimum atomic E-state index is -0.934. The molecule has 0 aliphatic carbocycles. The van der Waals surface area contributed by atoms with E-state index in [4.69, 9.17) is 0 Å². The lowest BCUT2D eigenvalue weighted by Crippen LogP contribution is -2.18. The predicted octanol–water partition coefficient (Wildman–Crippen LogP) is 3.07. The molecule has 1 N–H and O–H groups in total. The predicted molar refractivity (Wildman–Crippen MR) is 77.9 cm³/mol. The van der Waals surface area contributed by atoms with Gasteiger partial charge in [0.15, 0.2) is 0 Å². The molecule has 3 rings (SSSR count). The summed E-state index contributed by atoms with van der Waals surface area (Å²) in [6.45, 7) is 2.53. The molecule has 0 atom stereocenters. The van der Waals surface area contributed by atoms with Gasteiger partial charge in [-0.25, -0.2) is 4.79 Å². The van der Waals surface area contributed by atoms with Gasteiger partial charge >= 0.3 is 5.97 Å². The summed E-state index contributed by atoms with van der Waals surface area (Å²) in [6, 6.07) is 15.3. The Morgan fingerprint density at radius 3 is 2.50 bits per heavy atom. The molecule has 1 aliphatic rings. The second kappa shape index (κ2) is 4.85. The first-order valence-corrected chi connectivity index (χ1v) is 6.47. The van der Waals surface area contributed by atoms with Crippen LogP contribution < -0.4 is 5.32 Å². The lowest BCUT2D eigenvalue weighted by molar-refractivity contribution is -0.130. The van der Waals surface area contributed by atoms with E-state index in [1.807, 2.05) is 55.5 Å². The van der Waals surface area contributed by atoms with Crippen molar-refractivity contribution in [2.75, 3.05) is 0 Å². The van der Waals surface area contributed by atoms with E-state index in [1.54, 1.807) is 0 Å². The number of hydrogen-bond acceptors (Lipinski definition) is 1. The first-order chi connectivity index (χ1) is 9.66. The molecule has 2 aromatic carbocycles. The van der Waals surface area contributed by atoms with E-state index in [0.29, 0.717) is 12.2 Å². The number of nitrogens with zero attached hydrogens (tertiary/aromatic N) is 1. The van der Waals surface area contributed by atoms with Gasteiger partial charge in [0.25, 0.3) is 0 Å². The molecule has 3 heteroatoms. The van der Waals surface area contributed by atoms with Crippen molar-refractivity contribution in [2.45, 2.75) is 13.5 Å². The lowest BCUT2D eigenvalue weighted by Gasteiger charge is -2.21. The van der Waals surface area contributed by atoms with Crippen molar-refractivity contribution in [3.05, 3.63) is 70.8 Å². The van der Waals surface area contributed by atoms with Crippen LogP contribution in [0.1, 0.15) is 22.3 Å². The fraction of sp³-hybridized carbons (Fsp3) is 0.118. The van der Waals surface area contributed by atoms with Crippen LogP contribution in [-0.2, 0) is 11.3 Å². The van der Waals surface area contributed by atoms with Crippen LogP contribution in [0.25, 0.3) is 11.3 Å². The summed E-state index contributed by atoms with van der Waals surface area (Å²) >= 11 is 0. The highest BCUT2D eigenvalue weighted by atomic mass is 16.4. The monoisotopic (exact) mass is 264 g/mol. The number of carboxylic acids is 1. The molecule has 1 radical (unpaired) electrons. The third-order valence-electron chi connectivity index (χ3n) is 3.47. The van der Waals surface area contributed by atoms with Crippen LogP contribution >= 0.6 is 0 Å². The maximum Gasteiger partial charge on any atom is 0.338 e. The van der Waals surface area contributed by atoms with Crippen LogP contribution in [0.4, 0.5) is 0 Å². The van der Waals surface area contributed by atoms with Gasteiger partial charge in [-0.2, -0.15) is 0 Å². The number of aliphatic carboxylic acids is 1. The van der Waals surface area contributed by atoms with E-state index in [1.165, 1.54) is 0 Å². The van der Waals surface area contributed by atoms with Gasteiger partial charge in [0, 0.05) is 5.56 Å². The summed E-state index contributed by atoms with van der Waals surface area (Å²) in [5, 5.41) is 14.0. The van der Waals surface area contributed by atoms with E-state index in [9.17, 15) is 9.90 Å². The number of benzene rings is 2. The third-order valence-corrected chi connectivity index (χ3v) is 3.47. The van der Waals surface area contributed by atoms with Crippen molar-refractivity contribution >= 4 is 17.2 Å². The van der Waals surface area contributed by atoms with Crippen molar-refractivity contribution in [2.24, 2.45) is 0 Å². The number of rotatable bonds is 2. The van der Waals surface area contributed by atoms with Gasteiger partial charge in [-0.3, -0.25) is 5.32 Å². The summed E-state index contributed by atoms with van der Waals surface area (Å²) in [5.41, 5.74) is 4.57. The Kier molecular flexibility index (Phi) is 3.03. The van der Waals surface area contributed by atoms with Gasteiger partial charge in [-0.15, -0.1) is 0 Å². The van der Waals surface area contributed by atoms with Crippen LogP contribution in [0.15, 0.2) is 48.5 Å². The molecule has 0 amide bonds. The summed E-state index contributed by atoms with van der Waals surface area (Å²) < 4.78 is 0. The van der Waals surface area contributed by atoms with Crippen LogP contribution in [0, 0.1) is 6.92 Å². The van der Waals surface area contributed by atoms with Gasteiger partial charge < -0.3 is 5.11 Å². The Balaban J connectivity index is 2.21. The standard InChI is InChI=1S/C17H14NO2/c1-11-6-8-12(9-7-11)16-15(17(19)20)14-5-3-2-4-13(14)10-18-16/h2-9H,10H2,1H3,(H,19,20). The zero-order valence-corrected chi connectivity index (χ0v) is 11.1. The average molecular weight is 264 g/mol. The van der Waals surface area contributed by atoms with Crippen molar-refractivity contribution in [1.82, 2.24) is 5.32 Å². The topological polar surface area (TPSA) is 51.4 Å². The van der Waals surface area contributed by atoms with E-state index < -0.39 is 5.97 Å². The van der Waals surface area contributed by atoms with Gasteiger partial charge in [-0.1, -0.05) is 54.1 Å². The summed E-state index contributed by atoms with van der Waals surface area (Å²) in [4.78, 5) is 11.6. The van der Waals surface area contributed by atoms with E-state index >= 15 is 0 Å². The number of hydrogen-bond donors (Lipinski definition) is 1. The van der Waals surface area contributed by atoms with Crippen LogP contribution in [-0.4, -0.2) is 11.1 Å². The zero-order chi connectivity index (χ0) is 14.1. The average Bonchev–Trinajstić information content (AvgIpc) is 2.46. The second-order valence-corrected chi connectivity index (χ2v) is 4.87. The number of aryl methyl sites for hydroxylation is 1. The molecular formula is C17H14NO2. The summed E-state index contributed by atoms with van der Waals surface area (Å²) in [6.07, 6.45) is 0. The number of carboxylic acid groups (broad SMARTS) is 1. The van der Waals surface area contributed by atoms with Gasteiger partial charge in [-0.05, 0) is 18.1 Å². The Hall–Kier alpha value is -2.55. The van der Waals surface area contributed by atoms with E-state index in [2.05, 4.69) is 5.32 Å². The van der Waals surface area contributed by atoms with Crippen LogP contribution in [0.3, 0.4) is 0 Å². The molecule has 2 aromatic rings. The summed E-state index contributed by atoms with van der Waals surface area (Å²) in [5.74, 6) is -0.934. The molecular weight excluding hydrogens is 250 g/mol. The Morgan fingerprint density at radius 2 is 1.80 bits per heavy atom. The number of carbonyl (C=O) groups is 1. The molecule has 0 bridgehead atoms. The first-order valence-electron chi connectivity index (χ1n) is 6.47. The maximum atomic E-state index is 11.6. The van der Waals surface area contributed by atoms with Crippen molar-refractivity contribution < 1.29 is 9.90 Å². The second-order valence-electron chi connectivity index (χ2n) is 4.87. The minimum Gasteiger partial charge on any atom is -0.478 e. The van der Waals surface area contributed by atoms with Gasteiger partial charge in [0.2, 0.25) is 0 Å². The first kappa shape index (κ1) is 12.5. The highest BCUT2D eigenvalue weighted by Gasteiger charge is 2.25. The molecule has 20 heavy (non-hydrogen) atoms. The SMILES string of the molecule is Cc1ccc(C2=C(C(=O)O)c3ccccc3C[N]2)cc1. The van der Waals surface area contributed by atoms with Crippen molar-refractivity contribution in [3.63, 3.8) is 0 Å². The van der Waals surface area contributed by atoms with Crippen molar-refractivity contribution in [1.29, 1.82) is 0 Å². The van der Waals surface area contributed by atoms with Crippen LogP contribution in [0.2, 0.25) is 0 Å². The third kappa shape index (κ3) is 2.07. The van der Waals surface area contributed by atoms with Crippen LogP contribution in [0.5, 0.6) is 0 Å². The highest BCUT2D eigenvalue weighted by Crippen LogP contribution is 2.32. The largest absolute Gasteiger partial charge is 0.478 e. The lowest BCUT2D eigenvalue weighted by atomic mass is 9.92. The van der Waals surface area contributed by atoms with E-state index in [-0.39, 0.29) is 5.57 Å². The quantitative estimate of drug-likeness (QED) is 0.906. The zero-order valence-electron chi connectivity index (χ0n) is 11.1. The Morgan fingerprint density at radius 1 is 1.10 bits per heavy atom. The van der Waals surface area contributed by atoms with Gasteiger partial charge in [0.05, 0.1) is 17.8 Å². The molecule has 0 spiro atoms. The smallest absolute Gasteiger partial charge is 0.338 e. The normalized spacial score (nSPS) is 13.7.